The Morgan fingerprint density at radius 2 is 1.78 bits per heavy atom. The maximum Gasteiger partial charge on any atom is 0.257 e. The molecule has 1 heterocycles. The predicted octanol–water partition coefficient (Wildman–Crippen LogP) is 5.71. The number of aliphatic imine (C=N–C) groups is 1. The van der Waals surface area contributed by atoms with Crippen molar-refractivity contribution in [3.63, 3.8) is 0 Å². The first-order valence-corrected chi connectivity index (χ1v) is 10.7. The van der Waals surface area contributed by atoms with Crippen LogP contribution in [0.2, 0.25) is 5.02 Å². The molecular formula is C26H20ClN3O2. The second kappa shape index (κ2) is 8.36. The van der Waals surface area contributed by atoms with Crippen molar-refractivity contribution in [2.24, 2.45) is 4.99 Å². The number of nitrogens with one attached hydrogen (secondary N) is 2. The summed E-state index contributed by atoms with van der Waals surface area (Å²) in [6.45, 7) is 1.44. The van der Waals surface area contributed by atoms with E-state index in [1.54, 1.807) is 12.1 Å². The highest BCUT2D eigenvalue weighted by molar-refractivity contribution is 6.35. The second-order valence-corrected chi connectivity index (χ2v) is 7.91. The van der Waals surface area contributed by atoms with Crippen molar-refractivity contribution in [1.82, 2.24) is 0 Å². The molecule has 0 bridgehead atoms. The van der Waals surface area contributed by atoms with E-state index in [-0.39, 0.29) is 22.2 Å². The number of carbonyl (C=O) groups is 1. The predicted molar refractivity (Wildman–Crippen MR) is 130 cm³/mol. The minimum absolute atomic E-state index is 0.0331. The molecule has 32 heavy (non-hydrogen) atoms. The molecule has 0 saturated heterocycles. The van der Waals surface area contributed by atoms with Gasteiger partial charge in [-0.05, 0) is 29.7 Å². The number of benzene rings is 4. The van der Waals surface area contributed by atoms with E-state index >= 15 is 0 Å². The third kappa shape index (κ3) is 3.67. The smallest absolute Gasteiger partial charge is 0.257 e. The fraction of sp³-hybridized carbons (Fsp3) is 0.0769. The fourth-order valence-electron chi connectivity index (χ4n) is 3.94. The zero-order chi connectivity index (χ0) is 22.1. The monoisotopic (exact) mass is 441 g/mol. The topological polar surface area (TPSA) is 73.7 Å². The molecule has 5 nitrogen and oxygen atoms in total. The SMILES string of the molecule is O=C(Nc1ccc(C2=NCCNc3c2ccc2ccccc32)cc1)c1cccc(O)c1Cl. The lowest BCUT2D eigenvalue weighted by molar-refractivity contribution is 0.102. The lowest BCUT2D eigenvalue weighted by Gasteiger charge is -2.14. The van der Waals surface area contributed by atoms with Crippen molar-refractivity contribution < 1.29 is 9.90 Å². The van der Waals surface area contributed by atoms with Gasteiger partial charge in [0.05, 0.1) is 28.5 Å². The zero-order valence-corrected chi connectivity index (χ0v) is 17.9. The fourth-order valence-corrected chi connectivity index (χ4v) is 4.16. The Hall–Kier alpha value is -3.83. The molecule has 1 aliphatic rings. The third-order valence-electron chi connectivity index (χ3n) is 5.51. The maximum atomic E-state index is 12.6. The van der Waals surface area contributed by atoms with Gasteiger partial charge in [-0.15, -0.1) is 0 Å². The van der Waals surface area contributed by atoms with Gasteiger partial charge in [-0.1, -0.05) is 66.2 Å². The van der Waals surface area contributed by atoms with E-state index in [2.05, 4.69) is 34.9 Å². The van der Waals surface area contributed by atoms with Crippen molar-refractivity contribution in [3.05, 3.63) is 101 Å². The average molecular weight is 442 g/mol. The van der Waals surface area contributed by atoms with Crippen molar-refractivity contribution >= 4 is 45.4 Å². The number of halogens is 1. The molecule has 6 heteroatoms. The highest BCUT2D eigenvalue weighted by Gasteiger charge is 2.17. The number of amides is 1. The highest BCUT2D eigenvalue weighted by atomic mass is 35.5. The Morgan fingerprint density at radius 1 is 0.969 bits per heavy atom. The molecule has 1 aliphatic heterocycles. The Kier molecular flexibility index (Phi) is 5.25. The van der Waals surface area contributed by atoms with E-state index in [4.69, 9.17) is 16.6 Å². The van der Waals surface area contributed by atoms with Gasteiger partial charge in [0.1, 0.15) is 5.75 Å². The van der Waals surface area contributed by atoms with E-state index < -0.39 is 0 Å². The molecule has 3 N–H and O–H groups in total. The van der Waals surface area contributed by atoms with Crippen LogP contribution < -0.4 is 10.6 Å². The number of aromatic hydroxyl groups is 1. The first-order valence-electron chi connectivity index (χ1n) is 10.3. The standard InChI is InChI=1S/C26H20ClN3O2/c27-23-20(6-3-7-22(23)31)26(32)30-18-11-8-17(9-12-18)24-21-13-10-16-4-1-2-5-19(16)25(21)29-15-14-28-24/h1-13,29,31H,14-15H2,(H,30,32). The maximum absolute atomic E-state index is 12.6. The van der Waals surface area contributed by atoms with Crippen LogP contribution in [-0.2, 0) is 0 Å². The molecule has 0 atom stereocenters. The van der Waals surface area contributed by atoms with Gasteiger partial charge in [0, 0.05) is 28.7 Å². The van der Waals surface area contributed by atoms with E-state index in [0.29, 0.717) is 12.2 Å². The molecule has 0 aliphatic carbocycles. The van der Waals surface area contributed by atoms with E-state index in [1.807, 2.05) is 36.4 Å². The quantitative estimate of drug-likeness (QED) is 0.381. The molecule has 0 spiro atoms. The first-order chi connectivity index (χ1) is 15.6. The molecule has 4 aromatic carbocycles. The number of anilines is 2. The number of phenols is 1. The van der Waals surface area contributed by atoms with E-state index in [0.717, 1.165) is 29.1 Å². The average Bonchev–Trinajstić information content (AvgIpc) is 3.04. The van der Waals surface area contributed by atoms with Crippen molar-refractivity contribution in [3.8, 4) is 5.75 Å². The summed E-state index contributed by atoms with van der Waals surface area (Å²) in [4.78, 5) is 17.4. The van der Waals surface area contributed by atoms with Crippen LogP contribution in [0.15, 0.2) is 83.9 Å². The van der Waals surface area contributed by atoms with Gasteiger partial charge in [0.15, 0.2) is 0 Å². The zero-order valence-electron chi connectivity index (χ0n) is 17.1. The number of hydrogen-bond donors (Lipinski definition) is 3. The van der Waals surface area contributed by atoms with Crippen LogP contribution in [0.1, 0.15) is 21.5 Å². The molecule has 0 saturated carbocycles. The van der Waals surface area contributed by atoms with Gasteiger partial charge in [0.25, 0.3) is 5.91 Å². The van der Waals surface area contributed by atoms with E-state index in [1.165, 1.54) is 16.8 Å². The summed E-state index contributed by atoms with van der Waals surface area (Å²) >= 11 is 6.05. The van der Waals surface area contributed by atoms with Crippen LogP contribution in [-0.4, -0.2) is 29.8 Å². The van der Waals surface area contributed by atoms with Crippen LogP contribution >= 0.6 is 11.6 Å². The highest BCUT2D eigenvalue weighted by Crippen LogP contribution is 2.31. The van der Waals surface area contributed by atoms with Crippen LogP contribution in [0, 0.1) is 0 Å². The Bertz CT molecular complexity index is 1360. The minimum Gasteiger partial charge on any atom is -0.506 e. The van der Waals surface area contributed by atoms with Crippen molar-refractivity contribution in [2.75, 3.05) is 23.7 Å². The molecule has 5 rings (SSSR count). The summed E-state index contributed by atoms with van der Waals surface area (Å²) < 4.78 is 0. The van der Waals surface area contributed by atoms with E-state index in [9.17, 15) is 9.90 Å². The molecular weight excluding hydrogens is 422 g/mol. The summed E-state index contributed by atoms with van der Waals surface area (Å²) in [6.07, 6.45) is 0. The van der Waals surface area contributed by atoms with Crippen LogP contribution in [0.3, 0.4) is 0 Å². The Labute approximate surface area is 190 Å². The molecule has 1 amide bonds. The Morgan fingerprint density at radius 3 is 2.62 bits per heavy atom. The largest absolute Gasteiger partial charge is 0.506 e. The third-order valence-corrected chi connectivity index (χ3v) is 5.90. The van der Waals surface area contributed by atoms with Gasteiger partial charge in [0.2, 0.25) is 0 Å². The van der Waals surface area contributed by atoms with Gasteiger partial charge in [-0.2, -0.15) is 0 Å². The summed E-state index contributed by atoms with van der Waals surface area (Å²) in [6, 6.07) is 24.7. The second-order valence-electron chi connectivity index (χ2n) is 7.54. The summed E-state index contributed by atoms with van der Waals surface area (Å²) in [7, 11) is 0. The minimum atomic E-state index is -0.383. The van der Waals surface area contributed by atoms with Crippen molar-refractivity contribution in [1.29, 1.82) is 0 Å². The van der Waals surface area contributed by atoms with Crippen LogP contribution in [0.25, 0.3) is 10.8 Å². The van der Waals surface area contributed by atoms with Crippen LogP contribution in [0.4, 0.5) is 11.4 Å². The first kappa shape index (κ1) is 20.1. The van der Waals surface area contributed by atoms with Gasteiger partial charge in [-0.25, -0.2) is 0 Å². The molecule has 4 aromatic rings. The number of phenolic OH excluding ortho intramolecular Hbond substituents is 1. The number of fused-ring (bicyclic) bond motifs is 3. The normalized spacial score (nSPS) is 13.0. The number of rotatable bonds is 3. The van der Waals surface area contributed by atoms with Crippen molar-refractivity contribution in [2.45, 2.75) is 0 Å². The molecule has 0 radical (unpaired) electrons. The number of carbonyl (C=O) groups excluding carboxylic acids is 1. The summed E-state index contributed by atoms with van der Waals surface area (Å²) in [5.41, 5.74) is 4.89. The Balaban J connectivity index is 1.44. The molecule has 0 fully saturated rings. The van der Waals surface area contributed by atoms with Gasteiger partial charge >= 0.3 is 0 Å². The molecule has 158 valence electrons. The molecule has 0 unspecified atom stereocenters. The number of nitrogens with zero attached hydrogens (tertiary/aromatic N) is 1. The molecule has 0 aromatic heterocycles. The number of hydrogen-bond acceptors (Lipinski definition) is 4. The lowest BCUT2D eigenvalue weighted by atomic mass is 9.96. The van der Waals surface area contributed by atoms with Gasteiger partial charge < -0.3 is 15.7 Å². The summed E-state index contributed by atoms with van der Waals surface area (Å²) in [5.74, 6) is -0.507. The summed E-state index contributed by atoms with van der Waals surface area (Å²) in [5, 5.41) is 18.5. The lowest BCUT2D eigenvalue weighted by Crippen LogP contribution is -2.12. The van der Waals surface area contributed by atoms with Gasteiger partial charge in [-0.3, -0.25) is 9.79 Å². The van der Waals surface area contributed by atoms with Crippen LogP contribution in [0.5, 0.6) is 5.75 Å².